The topological polar surface area (TPSA) is 57.6 Å². The number of carbonyl (C=O) groups is 2. The van der Waals surface area contributed by atoms with Crippen molar-refractivity contribution in [1.29, 1.82) is 0 Å². The van der Waals surface area contributed by atoms with Crippen molar-refractivity contribution >= 4 is 24.2 Å². The van der Waals surface area contributed by atoms with E-state index in [1.807, 2.05) is 11.0 Å². The average molecular weight is 298 g/mol. The Morgan fingerprint density at radius 2 is 1.70 bits per heavy atom. The molecule has 4 nitrogen and oxygen atoms in total. The van der Waals surface area contributed by atoms with Crippen LogP contribution in [0, 0.1) is 0 Å². The number of nitrogens with zero attached hydrogens (tertiary/aromatic N) is 1. The summed E-state index contributed by atoms with van der Waals surface area (Å²) in [7, 11) is 0. The number of likely N-dealkylation sites (tertiary alicyclic amines) is 1. The molecule has 0 aromatic heterocycles. The first-order valence-electron chi connectivity index (χ1n) is 6.73. The number of carboxylic acids is 1. The summed E-state index contributed by atoms with van der Waals surface area (Å²) in [6.07, 6.45) is 3.24. The van der Waals surface area contributed by atoms with Gasteiger partial charge >= 0.3 is 5.97 Å². The molecule has 0 bridgehead atoms. The average Bonchev–Trinajstić information content (AvgIpc) is 2.46. The second-order valence-electron chi connectivity index (χ2n) is 4.94. The van der Waals surface area contributed by atoms with Gasteiger partial charge in [0.15, 0.2) is 5.78 Å². The predicted octanol–water partition coefficient (Wildman–Crippen LogP) is 2.62. The molecule has 1 aliphatic heterocycles. The molecule has 0 radical (unpaired) electrons. The predicted molar refractivity (Wildman–Crippen MR) is 79.5 cm³/mol. The third-order valence-electron chi connectivity index (χ3n) is 3.59. The van der Waals surface area contributed by atoms with Crippen LogP contribution in [0.2, 0.25) is 0 Å². The van der Waals surface area contributed by atoms with E-state index in [4.69, 9.17) is 0 Å². The molecular formula is C15H20ClNO3. The number of ketones is 1. The maximum Gasteiger partial charge on any atom is 0.321 e. The highest BCUT2D eigenvalue weighted by atomic mass is 35.5. The van der Waals surface area contributed by atoms with Crippen LogP contribution in [0.15, 0.2) is 30.3 Å². The summed E-state index contributed by atoms with van der Waals surface area (Å²) in [5, 5.41) is 9.33. The number of piperidine rings is 1. The third kappa shape index (κ3) is 4.32. The van der Waals surface area contributed by atoms with Gasteiger partial charge in [-0.05, 0) is 25.9 Å². The lowest BCUT2D eigenvalue weighted by Crippen LogP contribution is -2.45. The van der Waals surface area contributed by atoms with E-state index in [9.17, 15) is 14.7 Å². The second-order valence-corrected chi connectivity index (χ2v) is 4.94. The Balaban J connectivity index is 0.00000200. The van der Waals surface area contributed by atoms with Gasteiger partial charge in [0.25, 0.3) is 0 Å². The molecule has 1 heterocycles. The van der Waals surface area contributed by atoms with Gasteiger partial charge in [-0.3, -0.25) is 14.5 Å². The Morgan fingerprint density at radius 3 is 2.25 bits per heavy atom. The molecule has 0 aliphatic carbocycles. The van der Waals surface area contributed by atoms with E-state index in [0.717, 1.165) is 32.4 Å². The first-order valence-corrected chi connectivity index (χ1v) is 6.73. The van der Waals surface area contributed by atoms with Crippen LogP contribution in [0.3, 0.4) is 0 Å². The molecule has 1 N–H and O–H groups in total. The van der Waals surface area contributed by atoms with E-state index in [0.29, 0.717) is 5.56 Å². The number of rotatable bonds is 5. The Labute approximate surface area is 125 Å². The van der Waals surface area contributed by atoms with Gasteiger partial charge in [-0.2, -0.15) is 0 Å². The van der Waals surface area contributed by atoms with Crippen molar-refractivity contribution in [3.63, 3.8) is 0 Å². The fourth-order valence-corrected chi connectivity index (χ4v) is 2.52. The number of carboxylic acid groups (broad SMARTS) is 1. The van der Waals surface area contributed by atoms with Gasteiger partial charge in [0.1, 0.15) is 6.04 Å². The summed E-state index contributed by atoms with van der Waals surface area (Å²) in [5.41, 5.74) is 0.589. The smallest absolute Gasteiger partial charge is 0.321 e. The molecule has 5 heteroatoms. The minimum Gasteiger partial charge on any atom is -0.480 e. The van der Waals surface area contributed by atoms with Crippen molar-refractivity contribution in [2.45, 2.75) is 31.7 Å². The van der Waals surface area contributed by atoms with Gasteiger partial charge in [-0.25, -0.2) is 0 Å². The van der Waals surface area contributed by atoms with Gasteiger partial charge in [-0.15, -0.1) is 12.4 Å². The first kappa shape index (κ1) is 16.7. The van der Waals surface area contributed by atoms with Gasteiger partial charge in [0.05, 0.1) is 0 Å². The number of carbonyl (C=O) groups excluding carboxylic acids is 1. The number of hydrogen-bond donors (Lipinski definition) is 1. The van der Waals surface area contributed by atoms with E-state index < -0.39 is 12.0 Å². The van der Waals surface area contributed by atoms with Crippen molar-refractivity contribution in [3.05, 3.63) is 35.9 Å². The van der Waals surface area contributed by atoms with Crippen LogP contribution in [-0.4, -0.2) is 40.9 Å². The van der Waals surface area contributed by atoms with Crippen molar-refractivity contribution in [2.24, 2.45) is 0 Å². The van der Waals surface area contributed by atoms with Gasteiger partial charge in [-0.1, -0.05) is 36.8 Å². The summed E-state index contributed by atoms with van der Waals surface area (Å²) in [6.45, 7) is 1.55. The van der Waals surface area contributed by atoms with Gasteiger partial charge in [0.2, 0.25) is 0 Å². The summed E-state index contributed by atoms with van der Waals surface area (Å²) < 4.78 is 0. The number of halogens is 1. The molecule has 1 atom stereocenters. The number of hydrogen-bond acceptors (Lipinski definition) is 3. The molecule has 110 valence electrons. The zero-order valence-corrected chi connectivity index (χ0v) is 12.1. The molecule has 0 amide bonds. The number of aliphatic carboxylic acids is 1. The molecular weight excluding hydrogens is 278 g/mol. The number of benzene rings is 1. The molecule has 1 aromatic rings. The standard InChI is InChI=1S/C15H19NO3.ClH/c17-14(12-7-3-1-4-8-12)11-13(15(18)19)16-9-5-2-6-10-16;/h1,3-4,7-8,13H,2,5-6,9-11H2,(H,18,19);1H. The molecule has 1 saturated heterocycles. The van der Waals surface area contributed by atoms with Crippen molar-refractivity contribution in [2.75, 3.05) is 13.1 Å². The number of Topliss-reactive ketones (excluding diaryl/α,β-unsaturated/α-hetero) is 1. The van der Waals surface area contributed by atoms with Crippen LogP contribution in [0.25, 0.3) is 0 Å². The fourth-order valence-electron chi connectivity index (χ4n) is 2.52. The minimum absolute atomic E-state index is 0. The van der Waals surface area contributed by atoms with Crippen LogP contribution in [-0.2, 0) is 4.79 Å². The molecule has 1 fully saturated rings. The van der Waals surface area contributed by atoms with Crippen LogP contribution in [0.4, 0.5) is 0 Å². The van der Waals surface area contributed by atoms with Crippen molar-refractivity contribution in [1.82, 2.24) is 4.90 Å². The lowest BCUT2D eigenvalue weighted by Gasteiger charge is -2.31. The van der Waals surface area contributed by atoms with Crippen LogP contribution in [0.1, 0.15) is 36.0 Å². The summed E-state index contributed by atoms with van der Waals surface area (Å²) in [5.74, 6) is -0.996. The lowest BCUT2D eigenvalue weighted by atomic mass is 10.0. The SMILES string of the molecule is Cl.O=C(CC(C(=O)O)N1CCCCC1)c1ccccc1. The van der Waals surface area contributed by atoms with E-state index >= 15 is 0 Å². The first-order chi connectivity index (χ1) is 9.18. The Hall–Kier alpha value is -1.39. The highest BCUT2D eigenvalue weighted by Crippen LogP contribution is 2.16. The summed E-state index contributed by atoms with van der Waals surface area (Å²) in [6, 6.07) is 8.21. The Bertz CT molecular complexity index is 444. The van der Waals surface area contributed by atoms with E-state index in [-0.39, 0.29) is 24.6 Å². The Morgan fingerprint density at radius 1 is 1.10 bits per heavy atom. The summed E-state index contributed by atoms with van der Waals surface area (Å²) in [4.78, 5) is 25.4. The maximum atomic E-state index is 12.1. The molecule has 20 heavy (non-hydrogen) atoms. The minimum atomic E-state index is -0.897. The fraction of sp³-hybridized carbons (Fsp3) is 0.467. The van der Waals surface area contributed by atoms with E-state index in [1.165, 1.54) is 0 Å². The second kappa shape index (κ2) is 8.02. The van der Waals surface area contributed by atoms with E-state index in [2.05, 4.69) is 0 Å². The zero-order valence-electron chi connectivity index (χ0n) is 11.3. The lowest BCUT2D eigenvalue weighted by molar-refractivity contribution is -0.143. The highest BCUT2D eigenvalue weighted by molar-refractivity contribution is 5.98. The maximum absolute atomic E-state index is 12.1. The van der Waals surface area contributed by atoms with Crippen molar-refractivity contribution in [3.8, 4) is 0 Å². The molecule has 1 unspecified atom stereocenters. The molecule has 0 spiro atoms. The molecule has 2 rings (SSSR count). The van der Waals surface area contributed by atoms with Crippen LogP contribution < -0.4 is 0 Å². The van der Waals surface area contributed by atoms with Gasteiger partial charge < -0.3 is 5.11 Å². The summed E-state index contributed by atoms with van der Waals surface area (Å²) >= 11 is 0. The Kier molecular flexibility index (Phi) is 6.68. The monoisotopic (exact) mass is 297 g/mol. The zero-order chi connectivity index (χ0) is 13.7. The van der Waals surface area contributed by atoms with Crippen LogP contribution >= 0.6 is 12.4 Å². The molecule has 1 aromatic carbocycles. The van der Waals surface area contributed by atoms with Crippen molar-refractivity contribution < 1.29 is 14.7 Å². The largest absolute Gasteiger partial charge is 0.480 e. The normalized spacial score (nSPS) is 17.0. The van der Waals surface area contributed by atoms with E-state index in [1.54, 1.807) is 24.3 Å². The molecule has 0 saturated carbocycles. The van der Waals surface area contributed by atoms with Crippen LogP contribution in [0.5, 0.6) is 0 Å². The quantitative estimate of drug-likeness (QED) is 0.849. The molecule has 1 aliphatic rings. The van der Waals surface area contributed by atoms with Gasteiger partial charge in [0, 0.05) is 12.0 Å². The third-order valence-corrected chi connectivity index (χ3v) is 3.59. The highest BCUT2D eigenvalue weighted by Gasteiger charge is 2.29.